The minimum absolute atomic E-state index is 0.0138. The number of rotatable bonds is 9. The maximum absolute atomic E-state index is 14.6. The highest BCUT2D eigenvalue weighted by molar-refractivity contribution is 7.17. The minimum atomic E-state index is -0.835. The highest BCUT2D eigenvalue weighted by Gasteiger charge is 2.11. The summed E-state index contributed by atoms with van der Waals surface area (Å²) in [5, 5.41) is 15.0. The van der Waals surface area contributed by atoms with E-state index in [0.717, 1.165) is 39.9 Å². The third kappa shape index (κ3) is 4.94. The number of nitrogens with one attached hydrogen (secondary N) is 1. The molecule has 0 atom stereocenters. The number of fused-ring (bicyclic) bond motifs is 1. The van der Waals surface area contributed by atoms with Gasteiger partial charge in [0.05, 0.1) is 12.1 Å². The van der Waals surface area contributed by atoms with Crippen molar-refractivity contribution >= 4 is 33.2 Å². The fourth-order valence-electron chi connectivity index (χ4n) is 3.81. The molecule has 32 heavy (non-hydrogen) atoms. The molecular weight excluding hydrogens is 425 g/mol. The maximum atomic E-state index is 14.6. The second-order valence-corrected chi connectivity index (χ2v) is 8.59. The fourth-order valence-corrected chi connectivity index (χ4v) is 4.59. The number of nitrogens with zero attached hydrogens (tertiary/aromatic N) is 2. The van der Waals surface area contributed by atoms with Gasteiger partial charge in [0.25, 0.3) is 0 Å². The third-order valence-electron chi connectivity index (χ3n) is 5.38. The number of benzene rings is 2. The molecular formula is C25H24FN3O2S. The number of hydrogen-bond acceptors (Lipinski definition) is 5. The van der Waals surface area contributed by atoms with Crippen LogP contribution in [0.15, 0.2) is 54.2 Å². The van der Waals surface area contributed by atoms with E-state index in [2.05, 4.69) is 22.2 Å². The SMILES string of the molecule is CCCc1cc(-c2cc(NCCc3ccc4sccc4c3F)ncn2)ccc1CC(=O)O. The quantitative estimate of drug-likeness (QED) is 0.341. The molecule has 0 fully saturated rings. The lowest BCUT2D eigenvalue weighted by Gasteiger charge is -2.11. The Labute approximate surface area is 190 Å². The van der Waals surface area contributed by atoms with Crippen LogP contribution in [0, 0.1) is 5.82 Å². The molecule has 4 aromatic rings. The van der Waals surface area contributed by atoms with E-state index in [0.29, 0.717) is 29.7 Å². The van der Waals surface area contributed by atoms with Crippen LogP contribution in [0.3, 0.4) is 0 Å². The number of hydrogen-bond donors (Lipinski definition) is 2. The van der Waals surface area contributed by atoms with Crippen LogP contribution < -0.4 is 5.32 Å². The van der Waals surface area contributed by atoms with Crippen LogP contribution in [0.1, 0.15) is 30.0 Å². The highest BCUT2D eigenvalue weighted by Crippen LogP contribution is 2.26. The van der Waals surface area contributed by atoms with Gasteiger partial charge in [-0.1, -0.05) is 31.5 Å². The molecule has 0 amide bonds. The first-order valence-corrected chi connectivity index (χ1v) is 11.5. The first-order chi connectivity index (χ1) is 15.5. The van der Waals surface area contributed by atoms with Gasteiger partial charge in [-0.25, -0.2) is 14.4 Å². The fraction of sp³-hybridized carbons (Fsp3) is 0.240. The molecule has 7 heteroatoms. The van der Waals surface area contributed by atoms with Crippen molar-refractivity contribution in [2.24, 2.45) is 0 Å². The molecule has 0 saturated carbocycles. The molecule has 0 saturated heterocycles. The monoisotopic (exact) mass is 449 g/mol. The molecule has 0 unspecified atom stereocenters. The average Bonchev–Trinajstić information content (AvgIpc) is 3.26. The zero-order valence-electron chi connectivity index (χ0n) is 17.8. The number of carboxylic acid groups (broad SMARTS) is 1. The van der Waals surface area contributed by atoms with Crippen molar-refractivity contribution in [1.29, 1.82) is 0 Å². The van der Waals surface area contributed by atoms with Gasteiger partial charge >= 0.3 is 5.97 Å². The van der Waals surface area contributed by atoms with Gasteiger partial charge in [0.1, 0.15) is 18.0 Å². The van der Waals surface area contributed by atoms with Crippen molar-refractivity contribution in [2.75, 3.05) is 11.9 Å². The number of thiophene rings is 1. The summed E-state index contributed by atoms with van der Waals surface area (Å²) in [7, 11) is 0. The van der Waals surface area contributed by atoms with Gasteiger partial charge < -0.3 is 10.4 Å². The van der Waals surface area contributed by atoms with Crippen molar-refractivity contribution in [1.82, 2.24) is 9.97 Å². The Morgan fingerprint density at radius 1 is 1.06 bits per heavy atom. The predicted octanol–water partition coefficient (Wildman–Crippen LogP) is 5.73. The van der Waals surface area contributed by atoms with Crippen molar-refractivity contribution in [3.05, 3.63) is 76.7 Å². The maximum Gasteiger partial charge on any atom is 0.307 e. The van der Waals surface area contributed by atoms with Gasteiger partial charge in [-0.05, 0) is 53.1 Å². The lowest BCUT2D eigenvalue weighted by atomic mass is 9.97. The molecule has 0 aliphatic rings. The second-order valence-electron chi connectivity index (χ2n) is 7.64. The number of carboxylic acids is 1. The molecule has 5 nitrogen and oxygen atoms in total. The Balaban J connectivity index is 1.47. The Kier molecular flexibility index (Phi) is 6.75. The predicted molar refractivity (Wildman–Crippen MR) is 127 cm³/mol. The summed E-state index contributed by atoms with van der Waals surface area (Å²) in [5.74, 6) is -0.323. The zero-order chi connectivity index (χ0) is 22.5. The average molecular weight is 450 g/mol. The van der Waals surface area contributed by atoms with Gasteiger partial charge in [-0.15, -0.1) is 11.3 Å². The number of halogens is 1. The normalized spacial score (nSPS) is 11.1. The number of aromatic nitrogens is 2. The lowest BCUT2D eigenvalue weighted by molar-refractivity contribution is -0.136. The minimum Gasteiger partial charge on any atom is -0.481 e. The van der Waals surface area contributed by atoms with E-state index in [1.54, 1.807) is 0 Å². The molecule has 2 aromatic heterocycles. The molecule has 2 aromatic carbocycles. The second kappa shape index (κ2) is 9.87. The smallest absolute Gasteiger partial charge is 0.307 e. The van der Waals surface area contributed by atoms with Crippen molar-refractivity contribution in [2.45, 2.75) is 32.6 Å². The standard InChI is InChI=1S/C25H24FN3O2S/c1-2-3-17-12-19(5-4-18(17)13-24(30)31)21-14-23(29-15-28-21)27-10-8-16-6-7-22-20(25(16)26)9-11-32-22/h4-7,9,11-12,14-15H,2-3,8,10,13H2,1H3,(H,30,31)(H,27,28,29). The van der Waals surface area contributed by atoms with Crippen molar-refractivity contribution < 1.29 is 14.3 Å². The Morgan fingerprint density at radius 2 is 1.91 bits per heavy atom. The van der Waals surface area contributed by atoms with Crippen LogP contribution in [-0.4, -0.2) is 27.6 Å². The lowest BCUT2D eigenvalue weighted by Crippen LogP contribution is -2.08. The first-order valence-electron chi connectivity index (χ1n) is 10.6. The van der Waals surface area contributed by atoms with Crippen LogP contribution in [0.2, 0.25) is 0 Å². The molecule has 2 heterocycles. The first kappa shape index (κ1) is 21.9. The molecule has 0 bridgehead atoms. The summed E-state index contributed by atoms with van der Waals surface area (Å²) in [6.45, 7) is 2.62. The zero-order valence-corrected chi connectivity index (χ0v) is 18.6. The van der Waals surface area contributed by atoms with E-state index < -0.39 is 5.97 Å². The summed E-state index contributed by atoms with van der Waals surface area (Å²) in [6, 6.07) is 13.3. The Hall–Kier alpha value is -3.32. The third-order valence-corrected chi connectivity index (χ3v) is 6.26. The number of anilines is 1. The number of aliphatic carboxylic acids is 1. The van der Waals surface area contributed by atoms with E-state index in [1.165, 1.54) is 17.7 Å². The summed E-state index contributed by atoms with van der Waals surface area (Å²) >= 11 is 1.54. The van der Waals surface area contributed by atoms with E-state index in [4.69, 9.17) is 5.11 Å². The number of aryl methyl sites for hydroxylation is 1. The molecule has 0 spiro atoms. The van der Waals surface area contributed by atoms with E-state index >= 15 is 0 Å². The summed E-state index contributed by atoms with van der Waals surface area (Å²) in [5.41, 5.74) is 4.21. The van der Waals surface area contributed by atoms with Crippen LogP contribution >= 0.6 is 11.3 Å². The highest BCUT2D eigenvalue weighted by atomic mass is 32.1. The van der Waals surface area contributed by atoms with E-state index in [1.807, 2.05) is 47.8 Å². The molecule has 4 rings (SSSR count). The van der Waals surface area contributed by atoms with Crippen molar-refractivity contribution in [3.8, 4) is 11.3 Å². The molecule has 164 valence electrons. The molecule has 0 aliphatic heterocycles. The van der Waals surface area contributed by atoms with E-state index in [9.17, 15) is 9.18 Å². The Morgan fingerprint density at radius 3 is 2.72 bits per heavy atom. The van der Waals surface area contributed by atoms with Gasteiger partial charge in [0, 0.05) is 28.3 Å². The van der Waals surface area contributed by atoms with Crippen molar-refractivity contribution in [3.63, 3.8) is 0 Å². The van der Waals surface area contributed by atoms with Gasteiger partial charge in [0.2, 0.25) is 0 Å². The molecule has 2 N–H and O–H groups in total. The summed E-state index contributed by atoms with van der Waals surface area (Å²) < 4.78 is 15.6. The Bertz CT molecular complexity index is 1260. The van der Waals surface area contributed by atoms with Gasteiger partial charge in [-0.3, -0.25) is 4.79 Å². The van der Waals surface area contributed by atoms with Crippen LogP contribution in [0.5, 0.6) is 0 Å². The molecule has 0 radical (unpaired) electrons. The van der Waals surface area contributed by atoms with Crippen LogP contribution in [0.25, 0.3) is 21.3 Å². The molecule has 0 aliphatic carbocycles. The van der Waals surface area contributed by atoms with Gasteiger partial charge in [-0.2, -0.15) is 0 Å². The van der Waals surface area contributed by atoms with Crippen LogP contribution in [-0.2, 0) is 24.1 Å². The number of carbonyl (C=O) groups is 1. The van der Waals surface area contributed by atoms with Crippen LogP contribution in [0.4, 0.5) is 10.2 Å². The van der Waals surface area contributed by atoms with E-state index in [-0.39, 0.29) is 12.2 Å². The topological polar surface area (TPSA) is 75.1 Å². The summed E-state index contributed by atoms with van der Waals surface area (Å²) in [6.07, 6.45) is 3.80. The largest absolute Gasteiger partial charge is 0.481 e. The van der Waals surface area contributed by atoms with Gasteiger partial charge in [0.15, 0.2) is 0 Å². The summed E-state index contributed by atoms with van der Waals surface area (Å²) in [4.78, 5) is 19.8.